The number of aryl methyl sites for hydroxylation is 1. The smallest absolute Gasteiger partial charge is 0.0270 e. The zero-order valence-electron chi connectivity index (χ0n) is 14.4. The van der Waals surface area contributed by atoms with E-state index in [4.69, 9.17) is 0 Å². The molecule has 4 rings (SSSR count). The van der Waals surface area contributed by atoms with Crippen molar-refractivity contribution in [3.05, 3.63) is 66.0 Å². The molecule has 1 saturated carbocycles. The first-order valence-electron chi connectivity index (χ1n) is 9.24. The van der Waals surface area contributed by atoms with Gasteiger partial charge in [0.2, 0.25) is 0 Å². The van der Waals surface area contributed by atoms with E-state index in [1.165, 1.54) is 63.0 Å². The number of aromatic nitrogens is 1. The molecule has 1 saturated heterocycles. The van der Waals surface area contributed by atoms with Crippen LogP contribution in [-0.4, -0.2) is 46.5 Å². The average molecular weight is 321 g/mol. The van der Waals surface area contributed by atoms with Crippen LogP contribution in [0.15, 0.2) is 54.9 Å². The molecular weight excluding hydrogens is 294 g/mol. The number of pyridine rings is 1. The van der Waals surface area contributed by atoms with Gasteiger partial charge in [-0.2, -0.15) is 0 Å². The van der Waals surface area contributed by atoms with Gasteiger partial charge in [0.05, 0.1) is 0 Å². The Labute approximate surface area is 145 Å². The summed E-state index contributed by atoms with van der Waals surface area (Å²) in [4.78, 5) is 9.50. The number of piperazine rings is 1. The molecule has 126 valence electrons. The molecule has 1 aromatic heterocycles. The lowest BCUT2D eigenvalue weighted by molar-refractivity contribution is 0.0768. The molecule has 0 spiro atoms. The summed E-state index contributed by atoms with van der Waals surface area (Å²) < 4.78 is 0. The van der Waals surface area contributed by atoms with Gasteiger partial charge in [-0.15, -0.1) is 0 Å². The fraction of sp³-hybridized carbons (Fsp3) is 0.476. The number of hydrogen-bond donors (Lipinski definition) is 0. The second-order valence-electron chi connectivity index (χ2n) is 7.33. The minimum absolute atomic E-state index is 0.502. The molecule has 1 aliphatic carbocycles. The summed E-state index contributed by atoms with van der Waals surface area (Å²) in [5.41, 5.74) is 3.37. The van der Waals surface area contributed by atoms with Gasteiger partial charge < -0.3 is 0 Å². The highest BCUT2D eigenvalue weighted by molar-refractivity contribution is 5.15. The van der Waals surface area contributed by atoms with Crippen molar-refractivity contribution in [3.8, 4) is 0 Å². The molecule has 2 aliphatic rings. The summed E-state index contributed by atoms with van der Waals surface area (Å²) in [5, 5.41) is 0. The van der Waals surface area contributed by atoms with E-state index in [9.17, 15) is 0 Å². The van der Waals surface area contributed by atoms with E-state index >= 15 is 0 Å². The van der Waals surface area contributed by atoms with Gasteiger partial charge in [0, 0.05) is 50.7 Å². The largest absolute Gasteiger partial charge is 0.297 e. The minimum Gasteiger partial charge on any atom is -0.297 e. The standard InChI is InChI=1S/C21H27N3/c1-2-4-20(5-3-1)18-23-14-16-24(17-15-23)21(10-11-21)9-6-19-7-12-22-13-8-19/h1-5,7-8,12-13H,6,9-11,14-18H2. The van der Waals surface area contributed by atoms with Gasteiger partial charge in [0.25, 0.3) is 0 Å². The maximum Gasteiger partial charge on any atom is 0.0270 e. The zero-order chi connectivity index (χ0) is 16.2. The van der Waals surface area contributed by atoms with Crippen LogP contribution in [0.5, 0.6) is 0 Å². The number of nitrogens with zero attached hydrogens (tertiary/aromatic N) is 3. The first kappa shape index (κ1) is 15.8. The van der Waals surface area contributed by atoms with E-state index in [1.807, 2.05) is 12.4 Å². The van der Waals surface area contributed by atoms with Crippen LogP contribution < -0.4 is 0 Å². The Morgan fingerprint density at radius 1 is 0.833 bits per heavy atom. The predicted octanol–water partition coefficient (Wildman–Crippen LogP) is 3.36. The first-order valence-corrected chi connectivity index (χ1v) is 9.24. The van der Waals surface area contributed by atoms with E-state index in [2.05, 4.69) is 57.2 Å². The third kappa shape index (κ3) is 3.68. The van der Waals surface area contributed by atoms with E-state index in [-0.39, 0.29) is 0 Å². The van der Waals surface area contributed by atoms with E-state index in [1.54, 1.807) is 0 Å². The number of rotatable bonds is 6. The molecular formula is C21H27N3. The summed E-state index contributed by atoms with van der Waals surface area (Å²) in [5.74, 6) is 0. The molecule has 0 bridgehead atoms. The average Bonchev–Trinajstić information content (AvgIpc) is 3.44. The molecule has 2 fully saturated rings. The molecule has 3 nitrogen and oxygen atoms in total. The van der Waals surface area contributed by atoms with Crippen molar-refractivity contribution < 1.29 is 0 Å². The molecule has 0 unspecified atom stereocenters. The van der Waals surface area contributed by atoms with Gasteiger partial charge >= 0.3 is 0 Å². The van der Waals surface area contributed by atoms with Crippen LogP contribution in [0, 0.1) is 0 Å². The highest BCUT2D eigenvalue weighted by atomic mass is 15.3. The van der Waals surface area contributed by atoms with Crippen molar-refractivity contribution in [3.63, 3.8) is 0 Å². The maximum absolute atomic E-state index is 4.12. The van der Waals surface area contributed by atoms with Crippen molar-refractivity contribution in [1.29, 1.82) is 0 Å². The Hall–Kier alpha value is -1.71. The van der Waals surface area contributed by atoms with Crippen LogP contribution in [0.25, 0.3) is 0 Å². The van der Waals surface area contributed by atoms with E-state index < -0.39 is 0 Å². The molecule has 2 heterocycles. The lowest BCUT2D eigenvalue weighted by Crippen LogP contribution is -2.51. The van der Waals surface area contributed by atoms with Crippen LogP contribution in [-0.2, 0) is 13.0 Å². The monoisotopic (exact) mass is 321 g/mol. The normalized spacial score (nSPS) is 20.8. The van der Waals surface area contributed by atoms with Gasteiger partial charge in [-0.3, -0.25) is 14.8 Å². The molecule has 1 aliphatic heterocycles. The summed E-state index contributed by atoms with van der Waals surface area (Å²) in [6.45, 7) is 5.95. The summed E-state index contributed by atoms with van der Waals surface area (Å²) in [7, 11) is 0. The van der Waals surface area contributed by atoms with Gasteiger partial charge in [0.1, 0.15) is 0 Å². The summed E-state index contributed by atoms with van der Waals surface area (Å²) in [6, 6.07) is 15.2. The second-order valence-corrected chi connectivity index (χ2v) is 7.33. The number of benzene rings is 1. The van der Waals surface area contributed by atoms with E-state index in [0.717, 1.165) is 6.54 Å². The predicted molar refractivity (Wildman–Crippen MR) is 97.8 cm³/mol. The Bertz CT molecular complexity index is 629. The maximum atomic E-state index is 4.12. The van der Waals surface area contributed by atoms with Crippen molar-refractivity contribution in [1.82, 2.24) is 14.8 Å². The lowest BCUT2D eigenvalue weighted by atomic mass is 10.0. The number of hydrogen-bond acceptors (Lipinski definition) is 3. The molecule has 0 amide bonds. The van der Waals surface area contributed by atoms with Crippen molar-refractivity contribution in [2.75, 3.05) is 26.2 Å². The van der Waals surface area contributed by atoms with Gasteiger partial charge in [0.15, 0.2) is 0 Å². The van der Waals surface area contributed by atoms with Crippen LogP contribution in [0.1, 0.15) is 30.4 Å². The Balaban J connectivity index is 1.28. The molecule has 24 heavy (non-hydrogen) atoms. The van der Waals surface area contributed by atoms with Gasteiger partial charge in [-0.05, 0) is 48.9 Å². The van der Waals surface area contributed by atoms with Crippen LogP contribution in [0.3, 0.4) is 0 Å². The third-order valence-electron chi connectivity index (χ3n) is 5.75. The van der Waals surface area contributed by atoms with E-state index in [0.29, 0.717) is 5.54 Å². The Morgan fingerprint density at radius 2 is 1.54 bits per heavy atom. The van der Waals surface area contributed by atoms with Gasteiger partial charge in [-0.25, -0.2) is 0 Å². The fourth-order valence-electron chi connectivity index (χ4n) is 4.02. The van der Waals surface area contributed by atoms with Gasteiger partial charge in [-0.1, -0.05) is 30.3 Å². The summed E-state index contributed by atoms with van der Waals surface area (Å²) >= 11 is 0. The SMILES string of the molecule is c1ccc(CN2CCN(C3(CCc4ccncc4)CC3)CC2)cc1. The van der Waals surface area contributed by atoms with Crippen molar-refractivity contribution in [2.24, 2.45) is 0 Å². The van der Waals surface area contributed by atoms with Crippen LogP contribution >= 0.6 is 0 Å². The first-order chi connectivity index (χ1) is 11.8. The Kier molecular flexibility index (Phi) is 4.63. The molecule has 1 aromatic carbocycles. The molecule has 0 atom stereocenters. The van der Waals surface area contributed by atoms with Crippen LogP contribution in [0.2, 0.25) is 0 Å². The highest BCUT2D eigenvalue weighted by Crippen LogP contribution is 2.45. The highest BCUT2D eigenvalue weighted by Gasteiger charge is 2.47. The van der Waals surface area contributed by atoms with Crippen molar-refractivity contribution >= 4 is 0 Å². The molecule has 0 radical (unpaired) electrons. The lowest BCUT2D eigenvalue weighted by Gasteiger charge is -2.40. The molecule has 3 heteroatoms. The fourth-order valence-corrected chi connectivity index (χ4v) is 4.02. The second kappa shape index (κ2) is 7.04. The minimum atomic E-state index is 0.502. The summed E-state index contributed by atoms with van der Waals surface area (Å²) in [6.07, 6.45) is 9.09. The topological polar surface area (TPSA) is 19.4 Å². The third-order valence-corrected chi connectivity index (χ3v) is 5.75. The zero-order valence-corrected chi connectivity index (χ0v) is 14.4. The Morgan fingerprint density at radius 3 is 2.21 bits per heavy atom. The van der Waals surface area contributed by atoms with Crippen LogP contribution in [0.4, 0.5) is 0 Å². The van der Waals surface area contributed by atoms with Crippen molar-refractivity contribution in [2.45, 2.75) is 37.8 Å². The quantitative estimate of drug-likeness (QED) is 0.813. The molecule has 2 aromatic rings. The molecule has 0 N–H and O–H groups in total.